The van der Waals surface area contributed by atoms with Gasteiger partial charge in [-0.05, 0) is 26.3 Å². The maximum Gasteiger partial charge on any atom is 0.105 e. The van der Waals surface area contributed by atoms with Crippen LogP contribution in [0, 0.1) is 13.8 Å². The third-order valence-electron chi connectivity index (χ3n) is 3.70. The minimum atomic E-state index is -0.709. The highest BCUT2D eigenvalue weighted by Crippen LogP contribution is 2.24. The Morgan fingerprint density at radius 1 is 1.33 bits per heavy atom. The van der Waals surface area contributed by atoms with E-state index in [4.69, 9.17) is 4.74 Å². The molecule has 0 bridgehead atoms. The smallest absolute Gasteiger partial charge is 0.105 e. The maximum absolute atomic E-state index is 10.4. The molecule has 18 heavy (non-hydrogen) atoms. The van der Waals surface area contributed by atoms with Gasteiger partial charge in [-0.2, -0.15) is 0 Å². The third-order valence-corrected chi connectivity index (χ3v) is 3.70. The average Bonchev–Trinajstić information content (AvgIpc) is 2.58. The van der Waals surface area contributed by atoms with E-state index in [0.717, 1.165) is 6.54 Å². The van der Waals surface area contributed by atoms with E-state index in [-0.39, 0.29) is 6.10 Å². The van der Waals surface area contributed by atoms with Crippen molar-refractivity contribution in [2.24, 2.45) is 0 Å². The van der Waals surface area contributed by atoms with Crippen LogP contribution in [0.2, 0.25) is 0 Å². The standard InChI is InChI=1S/C15H23NO2/c1-11-6-12(2)8-14(7-11)9-16-10-15(17)4-5-18-13(15)3/h6-8,13,16-17H,4-5,9-10H2,1-3H3. The Bertz CT molecular complexity index is 399. The third kappa shape index (κ3) is 3.10. The van der Waals surface area contributed by atoms with Crippen molar-refractivity contribution in [1.82, 2.24) is 5.32 Å². The fourth-order valence-corrected chi connectivity index (χ4v) is 2.60. The van der Waals surface area contributed by atoms with Gasteiger partial charge >= 0.3 is 0 Å². The number of hydrogen-bond donors (Lipinski definition) is 2. The van der Waals surface area contributed by atoms with E-state index in [9.17, 15) is 5.11 Å². The molecule has 2 atom stereocenters. The van der Waals surface area contributed by atoms with E-state index in [0.29, 0.717) is 19.6 Å². The molecule has 1 aromatic rings. The topological polar surface area (TPSA) is 41.5 Å². The van der Waals surface area contributed by atoms with Crippen molar-refractivity contribution in [1.29, 1.82) is 0 Å². The van der Waals surface area contributed by atoms with Crippen LogP contribution < -0.4 is 5.32 Å². The van der Waals surface area contributed by atoms with Crippen molar-refractivity contribution in [2.45, 2.75) is 45.4 Å². The van der Waals surface area contributed by atoms with Gasteiger partial charge in [0.2, 0.25) is 0 Å². The summed E-state index contributed by atoms with van der Waals surface area (Å²) in [5.74, 6) is 0. The van der Waals surface area contributed by atoms with Crippen molar-refractivity contribution in [2.75, 3.05) is 13.2 Å². The molecular weight excluding hydrogens is 226 g/mol. The molecule has 1 aliphatic heterocycles. The first-order valence-corrected chi connectivity index (χ1v) is 6.61. The van der Waals surface area contributed by atoms with Gasteiger partial charge in [-0.15, -0.1) is 0 Å². The maximum atomic E-state index is 10.4. The summed E-state index contributed by atoms with van der Waals surface area (Å²) in [7, 11) is 0. The molecule has 0 aromatic heterocycles. The minimum absolute atomic E-state index is 0.0794. The molecule has 0 aliphatic carbocycles. The summed E-state index contributed by atoms with van der Waals surface area (Å²) in [4.78, 5) is 0. The highest BCUT2D eigenvalue weighted by atomic mass is 16.5. The average molecular weight is 249 g/mol. The summed E-state index contributed by atoms with van der Waals surface area (Å²) in [6, 6.07) is 6.53. The highest BCUT2D eigenvalue weighted by Gasteiger charge is 2.38. The van der Waals surface area contributed by atoms with Crippen LogP contribution in [-0.4, -0.2) is 30.0 Å². The Hall–Kier alpha value is -0.900. The van der Waals surface area contributed by atoms with Gasteiger partial charge in [0, 0.05) is 26.1 Å². The zero-order chi connectivity index (χ0) is 13.2. The number of hydrogen-bond acceptors (Lipinski definition) is 3. The summed E-state index contributed by atoms with van der Waals surface area (Å²) >= 11 is 0. The number of ether oxygens (including phenoxy) is 1. The lowest BCUT2D eigenvalue weighted by molar-refractivity contribution is -0.0262. The van der Waals surface area contributed by atoms with Gasteiger partial charge in [-0.3, -0.25) is 0 Å². The lowest BCUT2D eigenvalue weighted by Crippen LogP contribution is -2.45. The zero-order valence-electron chi connectivity index (χ0n) is 11.5. The molecule has 100 valence electrons. The first kappa shape index (κ1) is 13.5. The lowest BCUT2D eigenvalue weighted by Gasteiger charge is -2.26. The van der Waals surface area contributed by atoms with Crippen molar-refractivity contribution in [3.63, 3.8) is 0 Å². The van der Waals surface area contributed by atoms with Gasteiger partial charge < -0.3 is 15.2 Å². The van der Waals surface area contributed by atoms with Crippen LogP contribution in [-0.2, 0) is 11.3 Å². The normalized spacial score (nSPS) is 27.7. The van der Waals surface area contributed by atoms with Crippen molar-refractivity contribution in [3.8, 4) is 0 Å². The van der Waals surface area contributed by atoms with Gasteiger partial charge in [-0.25, -0.2) is 0 Å². The number of aryl methyl sites for hydroxylation is 2. The first-order valence-electron chi connectivity index (χ1n) is 6.61. The van der Waals surface area contributed by atoms with E-state index >= 15 is 0 Å². The van der Waals surface area contributed by atoms with Gasteiger partial charge in [0.15, 0.2) is 0 Å². The van der Waals surface area contributed by atoms with Gasteiger partial charge in [0.25, 0.3) is 0 Å². The largest absolute Gasteiger partial charge is 0.386 e. The van der Waals surface area contributed by atoms with Crippen LogP contribution >= 0.6 is 0 Å². The molecule has 0 saturated carbocycles. The Morgan fingerprint density at radius 2 is 2.00 bits per heavy atom. The van der Waals surface area contributed by atoms with E-state index in [1.54, 1.807) is 0 Å². The Morgan fingerprint density at radius 3 is 2.56 bits per heavy atom. The Labute approximate surface area is 109 Å². The van der Waals surface area contributed by atoms with E-state index in [1.807, 2.05) is 6.92 Å². The molecule has 1 heterocycles. The van der Waals surface area contributed by atoms with E-state index < -0.39 is 5.60 Å². The molecule has 3 nitrogen and oxygen atoms in total. The van der Waals surface area contributed by atoms with Crippen molar-refractivity contribution < 1.29 is 9.84 Å². The molecule has 1 aromatic carbocycles. The molecule has 1 saturated heterocycles. The molecule has 1 aliphatic rings. The predicted molar refractivity (Wildman–Crippen MR) is 72.6 cm³/mol. The van der Waals surface area contributed by atoms with Crippen LogP contribution in [0.1, 0.15) is 30.0 Å². The van der Waals surface area contributed by atoms with Crippen LogP contribution in [0.5, 0.6) is 0 Å². The summed E-state index contributed by atoms with van der Waals surface area (Å²) in [5.41, 5.74) is 3.12. The van der Waals surface area contributed by atoms with Crippen molar-refractivity contribution in [3.05, 3.63) is 34.9 Å². The first-order chi connectivity index (χ1) is 8.49. The second kappa shape index (κ2) is 5.39. The van der Waals surface area contributed by atoms with Gasteiger partial charge in [0.1, 0.15) is 5.60 Å². The second-order valence-corrected chi connectivity index (χ2v) is 5.47. The fraction of sp³-hybridized carbons (Fsp3) is 0.600. The predicted octanol–water partition coefficient (Wildman–Crippen LogP) is 1.93. The SMILES string of the molecule is Cc1cc(C)cc(CNCC2(O)CCOC2C)c1. The molecule has 3 heteroatoms. The summed E-state index contributed by atoms with van der Waals surface area (Å²) < 4.78 is 5.42. The van der Waals surface area contributed by atoms with Gasteiger partial charge in [0.05, 0.1) is 6.10 Å². The second-order valence-electron chi connectivity index (χ2n) is 5.47. The quantitative estimate of drug-likeness (QED) is 0.857. The van der Waals surface area contributed by atoms with Crippen LogP contribution in [0.25, 0.3) is 0 Å². The minimum Gasteiger partial charge on any atom is -0.386 e. The Balaban J connectivity index is 1.88. The van der Waals surface area contributed by atoms with Crippen molar-refractivity contribution >= 4 is 0 Å². The van der Waals surface area contributed by atoms with Crippen LogP contribution in [0.4, 0.5) is 0 Å². The summed E-state index contributed by atoms with van der Waals surface area (Å²) in [6.07, 6.45) is 0.637. The zero-order valence-corrected chi connectivity index (χ0v) is 11.5. The molecule has 2 rings (SSSR count). The van der Waals surface area contributed by atoms with Crippen LogP contribution in [0.3, 0.4) is 0 Å². The Kier molecular flexibility index (Phi) is 4.05. The van der Waals surface area contributed by atoms with Crippen LogP contribution in [0.15, 0.2) is 18.2 Å². The molecule has 2 N–H and O–H groups in total. The lowest BCUT2D eigenvalue weighted by atomic mass is 9.96. The molecule has 1 fully saturated rings. The monoisotopic (exact) mass is 249 g/mol. The molecule has 0 amide bonds. The molecule has 0 radical (unpaired) electrons. The number of nitrogens with one attached hydrogen (secondary N) is 1. The van der Waals surface area contributed by atoms with E-state index in [2.05, 4.69) is 37.4 Å². The highest BCUT2D eigenvalue weighted by molar-refractivity contribution is 5.28. The molecular formula is C15H23NO2. The van der Waals surface area contributed by atoms with E-state index in [1.165, 1.54) is 16.7 Å². The number of aliphatic hydroxyl groups is 1. The molecule has 0 spiro atoms. The summed E-state index contributed by atoms with van der Waals surface area (Å²) in [6.45, 7) is 8.18. The van der Waals surface area contributed by atoms with Gasteiger partial charge in [-0.1, -0.05) is 29.3 Å². The fourth-order valence-electron chi connectivity index (χ4n) is 2.60. The number of rotatable bonds is 4. The molecule has 2 unspecified atom stereocenters. The summed E-state index contributed by atoms with van der Waals surface area (Å²) in [5, 5.41) is 13.7. The number of benzene rings is 1.